The van der Waals surface area contributed by atoms with Gasteiger partial charge in [0.15, 0.2) is 11.5 Å². The normalized spacial score (nSPS) is 10.2. The molecule has 10 nitrogen and oxygen atoms in total. The van der Waals surface area contributed by atoms with Crippen molar-refractivity contribution in [2.75, 3.05) is 50.4 Å². The van der Waals surface area contributed by atoms with Crippen LogP contribution in [0.25, 0.3) is 0 Å². The minimum Gasteiger partial charge on any atom is -0.497 e. The number of aromatic nitrogens is 2. The Morgan fingerprint density at radius 1 is 0.939 bits per heavy atom. The smallest absolute Gasteiger partial charge is 0.319 e. The molecule has 174 valence electrons. The van der Waals surface area contributed by atoms with Gasteiger partial charge in [0.2, 0.25) is 5.95 Å². The molecule has 2 amide bonds. The van der Waals surface area contributed by atoms with Gasteiger partial charge >= 0.3 is 6.03 Å². The first-order chi connectivity index (χ1) is 16.0. The second-order valence-corrected chi connectivity index (χ2v) is 6.92. The average Bonchev–Trinajstić information content (AvgIpc) is 2.82. The quantitative estimate of drug-likeness (QED) is 0.343. The predicted octanol–water partition coefficient (Wildman–Crippen LogP) is 3.79. The number of para-hydroxylation sites is 1. The highest BCUT2D eigenvalue weighted by molar-refractivity contribution is 5.91. The SMILES string of the molecule is COc1ccc(Nc2cc(C)nc(NCCNC(=O)Nc3cccc(OC)c3OC)n2)cc1. The Morgan fingerprint density at radius 3 is 2.42 bits per heavy atom. The number of methoxy groups -OCH3 is 3. The number of aryl methyl sites for hydroxylation is 1. The van der Waals surface area contributed by atoms with E-state index < -0.39 is 0 Å². The van der Waals surface area contributed by atoms with Gasteiger partial charge in [-0.25, -0.2) is 9.78 Å². The molecule has 2 aromatic carbocycles. The molecule has 0 atom stereocenters. The van der Waals surface area contributed by atoms with Gasteiger partial charge in [-0.3, -0.25) is 0 Å². The van der Waals surface area contributed by atoms with Gasteiger partial charge in [-0.15, -0.1) is 0 Å². The molecule has 0 radical (unpaired) electrons. The summed E-state index contributed by atoms with van der Waals surface area (Å²) in [6, 6.07) is 14.3. The maximum absolute atomic E-state index is 12.3. The van der Waals surface area contributed by atoms with Gasteiger partial charge in [0.25, 0.3) is 0 Å². The van der Waals surface area contributed by atoms with Crippen molar-refractivity contribution >= 4 is 29.2 Å². The van der Waals surface area contributed by atoms with E-state index in [1.807, 2.05) is 37.3 Å². The number of carbonyl (C=O) groups excluding carboxylic acids is 1. The minimum absolute atomic E-state index is 0.358. The summed E-state index contributed by atoms with van der Waals surface area (Å²) >= 11 is 0. The molecule has 3 rings (SSSR count). The van der Waals surface area contributed by atoms with Crippen LogP contribution in [0, 0.1) is 6.92 Å². The van der Waals surface area contributed by atoms with E-state index in [4.69, 9.17) is 14.2 Å². The van der Waals surface area contributed by atoms with Crippen molar-refractivity contribution in [1.29, 1.82) is 0 Å². The molecule has 0 aliphatic heterocycles. The number of nitrogens with zero attached hydrogens (tertiary/aromatic N) is 2. The summed E-state index contributed by atoms with van der Waals surface area (Å²) in [5.74, 6) is 2.89. The lowest BCUT2D eigenvalue weighted by Crippen LogP contribution is -2.33. The Balaban J connectivity index is 1.51. The van der Waals surface area contributed by atoms with Gasteiger partial charge in [-0.2, -0.15) is 4.98 Å². The first-order valence-corrected chi connectivity index (χ1v) is 10.3. The molecule has 0 unspecified atom stereocenters. The number of rotatable bonds is 10. The molecule has 0 aliphatic rings. The number of benzene rings is 2. The number of amides is 2. The zero-order chi connectivity index (χ0) is 23.6. The minimum atomic E-state index is -0.365. The lowest BCUT2D eigenvalue weighted by molar-refractivity contribution is 0.252. The summed E-state index contributed by atoms with van der Waals surface area (Å²) in [7, 11) is 4.69. The number of carbonyl (C=O) groups is 1. The molecule has 1 aromatic heterocycles. The lowest BCUT2D eigenvalue weighted by atomic mass is 10.2. The van der Waals surface area contributed by atoms with Crippen LogP contribution in [0.3, 0.4) is 0 Å². The molecule has 3 aromatic rings. The standard InChI is InChI=1S/C23H28N6O4/c1-15-14-20(27-16-8-10-17(31-2)11-9-16)29-22(26-15)24-12-13-25-23(30)28-18-6-5-7-19(32-3)21(18)33-4/h5-11,14H,12-13H2,1-4H3,(H2,25,28,30)(H2,24,26,27,29). The van der Waals surface area contributed by atoms with Crippen LogP contribution in [0.1, 0.15) is 5.69 Å². The van der Waals surface area contributed by atoms with E-state index in [1.165, 1.54) is 7.11 Å². The highest BCUT2D eigenvalue weighted by Crippen LogP contribution is 2.34. The van der Waals surface area contributed by atoms with Crippen molar-refractivity contribution in [1.82, 2.24) is 15.3 Å². The van der Waals surface area contributed by atoms with Crippen LogP contribution in [0.15, 0.2) is 48.5 Å². The van der Waals surface area contributed by atoms with Crippen LogP contribution in [0.2, 0.25) is 0 Å². The van der Waals surface area contributed by atoms with Crippen molar-refractivity contribution in [2.24, 2.45) is 0 Å². The van der Waals surface area contributed by atoms with Gasteiger partial charge < -0.3 is 35.5 Å². The highest BCUT2D eigenvalue weighted by Gasteiger charge is 2.12. The van der Waals surface area contributed by atoms with E-state index in [-0.39, 0.29) is 6.03 Å². The Labute approximate surface area is 192 Å². The first-order valence-electron chi connectivity index (χ1n) is 10.3. The number of ether oxygens (including phenoxy) is 3. The van der Waals surface area contributed by atoms with Gasteiger partial charge in [0, 0.05) is 30.5 Å². The number of urea groups is 1. The van der Waals surface area contributed by atoms with E-state index in [0.29, 0.717) is 42.0 Å². The van der Waals surface area contributed by atoms with Gasteiger partial charge in [0.05, 0.1) is 27.0 Å². The van der Waals surface area contributed by atoms with Crippen LogP contribution in [-0.4, -0.2) is 50.4 Å². The van der Waals surface area contributed by atoms with Gasteiger partial charge in [0.1, 0.15) is 11.6 Å². The number of nitrogens with one attached hydrogen (secondary N) is 4. The summed E-state index contributed by atoms with van der Waals surface area (Å²) < 4.78 is 15.7. The van der Waals surface area contributed by atoms with E-state index in [9.17, 15) is 4.79 Å². The van der Waals surface area contributed by atoms with Crippen LogP contribution < -0.4 is 35.5 Å². The molecule has 4 N–H and O–H groups in total. The molecule has 0 saturated heterocycles. The summed E-state index contributed by atoms with van der Waals surface area (Å²) in [6.07, 6.45) is 0. The van der Waals surface area contributed by atoms with Gasteiger partial charge in [-0.05, 0) is 43.3 Å². The topological polar surface area (TPSA) is 119 Å². The van der Waals surface area contributed by atoms with E-state index in [0.717, 1.165) is 17.1 Å². The Bertz CT molecular complexity index is 1080. The molecule has 0 spiro atoms. The number of hydrogen-bond donors (Lipinski definition) is 4. The highest BCUT2D eigenvalue weighted by atomic mass is 16.5. The third-order valence-electron chi connectivity index (χ3n) is 4.56. The molecule has 10 heteroatoms. The fraction of sp³-hybridized carbons (Fsp3) is 0.261. The maximum atomic E-state index is 12.3. The first kappa shape index (κ1) is 23.5. The Morgan fingerprint density at radius 2 is 1.73 bits per heavy atom. The second kappa shape index (κ2) is 11.4. The fourth-order valence-electron chi connectivity index (χ4n) is 3.04. The maximum Gasteiger partial charge on any atom is 0.319 e. The fourth-order valence-corrected chi connectivity index (χ4v) is 3.04. The van der Waals surface area contributed by atoms with Crippen molar-refractivity contribution in [3.63, 3.8) is 0 Å². The summed E-state index contributed by atoms with van der Waals surface area (Å²) in [4.78, 5) is 21.1. The average molecular weight is 453 g/mol. The molecule has 0 fully saturated rings. The summed E-state index contributed by atoms with van der Waals surface area (Å²) in [5.41, 5.74) is 2.20. The van der Waals surface area contributed by atoms with Crippen molar-refractivity contribution < 1.29 is 19.0 Å². The second-order valence-electron chi connectivity index (χ2n) is 6.92. The molecule has 1 heterocycles. The zero-order valence-electron chi connectivity index (χ0n) is 19.1. The third-order valence-corrected chi connectivity index (χ3v) is 4.56. The lowest BCUT2D eigenvalue weighted by Gasteiger charge is -2.14. The van der Waals surface area contributed by atoms with Crippen LogP contribution in [0.4, 0.5) is 27.9 Å². The Hall–Kier alpha value is -4.21. The monoisotopic (exact) mass is 452 g/mol. The van der Waals surface area contributed by atoms with E-state index in [1.54, 1.807) is 32.4 Å². The molecule has 0 aliphatic carbocycles. The van der Waals surface area contributed by atoms with Gasteiger partial charge in [-0.1, -0.05) is 6.07 Å². The molecule has 0 saturated carbocycles. The molecule has 33 heavy (non-hydrogen) atoms. The molecular formula is C23H28N6O4. The largest absolute Gasteiger partial charge is 0.497 e. The molecule has 0 bridgehead atoms. The van der Waals surface area contributed by atoms with E-state index in [2.05, 4.69) is 31.2 Å². The van der Waals surface area contributed by atoms with Crippen molar-refractivity contribution in [3.8, 4) is 17.2 Å². The molecular weight excluding hydrogens is 424 g/mol. The van der Waals surface area contributed by atoms with Crippen molar-refractivity contribution in [3.05, 3.63) is 54.2 Å². The van der Waals surface area contributed by atoms with Crippen LogP contribution >= 0.6 is 0 Å². The summed E-state index contributed by atoms with van der Waals surface area (Å²) in [5, 5.41) is 11.9. The summed E-state index contributed by atoms with van der Waals surface area (Å²) in [6.45, 7) is 2.68. The Kier molecular flexibility index (Phi) is 8.12. The van der Waals surface area contributed by atoms with Crippen molar-refractivity contribution in [2.45, 2.75) is 6.92 Å². The zero-order valence-corrected chi connectivity index (χ0v) is 19.1. The predicted molar refractivity (Wildman–Crippen MR) is 128 cm³/mol. The van der Waals surface area contributed by atoms with E-state index >= 15 is 0 Å². The van der Waals surface area contributed by atoms with Crippen LogP contribution in [0.5, 0.6) is 17.2 Å². The number of anilines is 4. The number of hydrogen-bond acceptors (Lipinski definition) is 8. The van der Waals surface area contributed by atoms with Crippen LogP contribution in [-0.2, 0) is 0 Å². The third kappa shape index (κ3) is 6.63.